The number of rotatable bonds is 4. The summed E-state index contributed by atoms with van der Waals surface area (Å²) < 4.78 is 5.64. The lowest BCUT2D eigenvalue weighted by Crippen LogP contribution is -2.41. The van der Waals surface area contributed by atoms with E-state index in [1.165, 1.54) is 0 Å². The fourth-order valence-electron chi connectivity index (χ4n) is 2.59. The molecule has 2 rings (SSSR count). The molecule has 1 aromatic carbocycles. The Morgan fingerprint density at radius 1 is 1.35 bits per heavy atom. The normalized spacial score (nSPS) is 16.4. The standard InChI is InChI=1S/C16H22ClNO2/c1-12-4-3-5-15(13(12)2)16(19)18-9-6-14(7-10-18)20-11-8-17/h3-5,14H,6-11H2,1-2H3. The Morgan fingerprint density at radius 2 is 2.05 bits per heavy atom. The van der Waals surface area contributed by atoms with Gasteiger partial charge in [-0.15, -0.1) is 11.6 Å². The van der Waals surface area contributed by atoms with Crippen LogP contribution in [0.3, 0.4) is 0 Å². The van der Waals surface area contributed by atoms with E-state index in [9.17, 15) is 4.79 Å². The Hall–Kier alpha value is -1.06. The first kappa shape index (κ1) is 15.3. The minimum Gasteiger partial charge on any atom is -0.377 e. The lowest BCUT2D eigenvalue weighted by Gasteiger charge is -2.32. The van der Waals surface area contributed by atoms with E-state index in [0.717, 1.165) is 42.6 Å². The van der Waals surface area contributed by atoms with Crippen LogP contribution in [0.4, 0.5) is 0 Å². The molecule has 3 nitrogen and oxygen atoms in total. The molecular formula is C16H22ClNO2. The second-order valence-electron chi connectivity index (χ2n) is 5.30. The highest BCUT2D eigenvalue weighted by molar-refractivity contribution is 6.17. The van der Waals surface area contributed by atoms with Crippen LogP contribution in [0.5, 0.6) is 0 Å². The van der Waals surface area contributed by atoms with E-state index in [0.29, 0.717) is 12.5 Å². The first-order valence-corrected chi connectivity index (χ1v) is 7.70. The third-order valence-corrected chi connectivity index (χ3v) is 4.15. The molecule has 0 aliphatic carbocycles. The van der Waals surface area contributed by atoms with Gasteiger partial charge in [-0.05, 0) is 43.9 Å². The number of piperidine rings is 1. The van der Waals surface area contributed by atoms with Gasteiger partial charge in [-0.3, -0.25) is 4.79 Å². The van der Waals surface area contributed by atoms with Gasteiger partial charge in [0.1, 0.15) is 0 Å². The molecular weight excluding hydrogens is 274 g/mol. The zero-order valence-corrected chi connectivity index (χ0v) is 12.9. The summed E-state index contributed by atoms with van der Waals surface area (Å²) in [5.41, 5.74) is 3.07. The zero-order chi connectivity index (χ0) is 14.5. The number of benzene rings is 1. The van der Waals surface area contributed by atoms with Crippen molar-refractivity contribution in [3.05, 3.63) is 34.9 Å². The van der Waals surface area contributed by atoms with Gasteiger partial charge in [-0.2, -0.15) is 0 Å². The number of amides is 1. The second kappa shape index (κ2) is 7.09. The number of likely N-dealkylation sites (tertiary alicyclic amines) is 1. The average molecular weight is 296 g/mol. The van der Waals surface area contributed by atoms with Crippen LogP contribution in [-0.2, 0) is 4.74 Å². The van der Waals surface area contributed by atoms with Crippen LogP contribution >= 0.6 is 11.6 Å². The van der Waals surface area contributed by atoms with Crippen LogP contribution < -0.4 is 0 Å². The molecule has 4 heteroatoms. The van der Waals surface area contributed by atoms with Gasteiger partial charge in [0, 0.05) is 24.5 Å². The first-order valence-electron chi connectivity index (χ1n) is 7.16. The maximum Gasteiger partial charge on any atom is 0.254 e. The van der Waals surface area contributed by atoms with Crippen molar-refractivity contribution >= 4 is 17.5 Å². The summed E-state index contributed by atoms with van der Waals surface area (Å²) in [4.78, 5) is 14.5. The van der Waals surface area contributed by atoms with Crippen LogP contribution in [0, 0.1) is 13.8 Å². The van der Waals surface area contributed by atoms with Crippen molar-refractivity contribution in [2.75, 3.05) is 25.6 Å². The van der Waals surface area contributed by atoms with Gasteiger partial charge in [0.2, 0.25) is 0 Å². The third-order valence-electron chi connectivity index (χ3n) is 3.99. The Morgan fingerprint density at radius 3 is 2.70 bits per heavy atom. The first-order chi connectivity index (χ1) is 9.63. The smallest absolute Gasteiger partial charge is 0.254 e. The van der Waals surface area contributed by atoms with E-state index in [1.807, 2.05) is 36.9 Å². The van der Waals surface area contributed by atoms with Crippen molar-refractivity contribution in [2.45, 2.75) is 32.8 Å². The van der Waals surface area contributed by atoms with Crippen molar-refractivity contribution in [1.82, 2.24) is 4.90 Å². The summed E-state index contributed by atoms with van der Waals surface area (Å²) in [5.74, 6) is 0.670. The number of carbonyl (C=O) groups is 1. The van der Waals surface area contributed by atoms with Gasteiger partial charge in [-0.25, -0.2) is 0 Å². The van der Waals surface area contributed by atoms with Gasteiger partial charge in [0.05, 0.1) is 12.7 Å². The van der Waals surface area contributed by atoms with Crippen molar-refractivity contribution in [3.63, 3.8) is 0 Å². The third kappa shape index (κ3) is 3.53. The molecule has 1 saturated heterocycles. The molecule has 1 heterocycles. The maximum atomic E-state index is 12.6. The van der Waals surface area contributed by atoms with Crippen LogP contribution in [0.15, 0.2) is 18.2 Å². The van der Waals surface area contributed by atoms with Gasteiger partial charge in [0.25, 0.3) is 5.91 Å². The van der Waals surface area contributed by atoms with Gasteiger partial charge in [-0.1, -0.05) is 12.1 Å². The van der Waals surface area contributed by atoms with Crippen molar-refractivity contribution < 1.29 is 9.53 Å². The Bertz CT molecular complexity index is 468. The summed E-state index contributed by atoms with van der Waals surface area (Å²) in [5, 5.41) is 0. The molecule has 1 fully saturated rings. The maximum absolute atomic E-state index is 12.6. The van der Waals surface area contributed by atoms with E-state index >= 15 is 0 Å². The fourth-order valence-corrected chi connectivity index (χ4v) is 2.68. The highest BCUT2D eigenvalue weighted by Gasteiger charge is 2.24. The second-order valence-corrected chi connectivity index (χ2v) is 5.68. The molecule has 0 saturated carbocycles. The summed E-state index contributed by atoms with van der Waals surface area (Å²) in [6.07, 6.45) is 2.04. The molecule has 1 aliphatic rings. The van der Waals surface area contributed by atoms with Gasteiger partial charge >= 0.3 is 0 Å². The number of carbonyl (C=O) groups excluding carboxylic acids is 1. The summed E-state index contributed by atoms with van der Waals surface area (Å²) in [6.45, 7) is 6.17. The van der Waals surface area contributed by atoms with Crippen LogP contribution in [0.1, 0.15) is 34.3 Å². The van der Waals surface area contributed by atoms with Gasteiger partial charge < -0.3 is 9.64 Å². The van der Waals surface area contributed by atoms with E-state index in [4.69, 9.17) is 16.3 Å². The molecule has 0 aromatic heterocycles. The molecule has 0 spiro atoms. The molecule has 20 heavy (non-hydrogen) atoms. The minimum absolute atomic E-state index is 0.141. The van der Waals surface area contributed by atoms with E-state index in [1.54, 1.807) is 0 Å². The largest absolute Gasteiger partial charge is 0.377 e. The number of hydrogen-bond acceptors (Lipinski definition) is 2. The van der Waals surface area contributed by atoms with Crippen LogP contribution in [-0.4, -0.2) is 42.5 Å². The number of ether oxygens (including phenoxy) is 1. The molecule has 1 aromatic rings. The van der Waals surface area contributed by atoms with E-state index in [2.05, 4.69) is 0 Å². The number of nitrogens with zero attached hydrogens (tertiary/aromatic N) is 1. The number of hydrogen-bond donors (Lipinski definition) is 0. The molecule has 1 amide bonds. The van der Waals surface area contributed by atoms with Crippen molar-refractivity contribution in [3.8, 4) is 0 Å². The fraction of sp³-hybridized carbons (Fsp3) is 0.562. The highest BCUT2D eigenvalue weighted by Crippen LogP contribution is 2.19. The van der Waals surface area contributed by atoms with Crippen LogP contribution in [0.25, 0.3) is 0 Å². The molecule has 0 unspecified atom stereocenters. The molecule has 0 atom stereocenters. The average Bonchev–Trinajstić information content (AvgIpc) is 2.48. The Labute approximate surface area is 125 Å². The molecule has 110 valence electrons. The highest BCUT2D eigenvalue weighted by atomic mass is 35.5. The molecule has 0 N–H and O–H groups in total. The Balaban J connectivity index is 1.96. The summed E-state index contributed by atoms with van der Waals surface area (Å²) >= 11 is 5.62. The summed E-state index contributed by atoms with van der Waals surface area (Å²) in [7, 11) is 0. The number of alkyl halides is 1. The monoisotopic (exact) mass is 295 g/mol. The topological polar surface area (TPSA) is 29.5 Å². The lowest BCUT2D eigenvalue weighted by atomic mass is 10.0. The SMILES string of the molecule is Cc1cccc(C(=O)N2CCC(OCCCl)CC2)c1C. The zero-order valence-electron chi connectivity index (χ0n) is 12.2. The molecule has 0 radical (unpaired) electrons. The predicted octanol–water partition coefficient (Wildman–Crippen LogP) is 3.16. The molecule has 1 aliphatic heterocycles. The number of halogens is 1. The lowest BCUT2D eigenvalue weighted by molar-refractivity contribution is 0.0154. The van der Waals surface area contributed by atoms with Crippen LogP contribution in [0.2, 0.25) is 0 Å². The van der Waals surface area contributed by atoms with Crippen molar-refractivity contribution in [2.24, 2.45) is 0 Å². The van der Waals surface area contributed by atoms with E-state index < -0.39 is 0 Å². The predicted molar refractivity (Wildman–Crippen MR) is 81.5 cm³/mol. The van der Waals surface area contributed by atoms with E-state index in [-0.39, 0.29) is 12.0 Å². The number of aryl methyl sites for hydroxylation is 1. The molecule has 0 bridgehead atoms. The van der Waals surface area contributed by atoms with Crippen molar-refractivity contribution in [1.29, 1.82) is 0 Å². The minimum atomic E-state index is 0.141. The van der Waals surface area contributed by atoms with Gasteiger partial charge in [0.15, 0.2) is 0 Å². The Kier molecular flexibility index (Phi) is 5.44. The summed E-state index contributed by atoms with van der Waals surface area (Å²) in [6, 6.07) is 5.91. The quantitative estimate of drug-likeness (QED) is 0.799.